The van der Waals surface area contributed by atoms with Crippen molar-refractivity contribution in [2.24, 2.45) is 0 Å². The predicted molar refractivity (Wildman–Crippen MR) is 117 cm³/mol. The first-order chi connectivity index (χ1) is 14.1. The van der Waals surface area contributed by atoms with Gasteiger partial charge >= 0.3 is 0 Å². The summed E-state index contributed by atoms with van der Waals surface area (Å²) in [6.45, 7) is 5.09. The number of aromatic nitrogens is 3. The van der Waals surface area contributed by atoms with Gasteiger partial charge in [0.05, 0.1) is 5.75 Å². The molecule has 3 aromatic rings. The monoisotopic (exact) mass is 410 g/mol. The maximum Gasteiger partial charge on any atom is 0.234 e. The molecule has 0 saturated carbocycles. The van der Waals surface area contributed by atoms with Gasteiger partial charge in [-0.25, -0.2) is 0 Å². The molecular formula is C22H26N4O2S. The normalized spacial score (nSPS) is 10.7. The summed E-state index contributed by atoms with van der Waals surface area (Å²) in [4.78, 5) is 12.3. The van der Waals surface area contributed by atoms with Crippen LogP contribution < -0.4 is 10.1 Å². The van der Waals surface area contributed by atoms with Gasteiger partial charge in [-0.1, -0.05) is 49.2 Å². The fraction of sp³-hybridized carbons (Fsp3) is 0.318. The van der Waals surface area contributed by atoms with Gasteiger partial charge in [-0.05, 0) is 49.7 Å². The number of nitrogens with zero attached hydrogens (tertiary/aromatic N) is 3. The smallest absolute Gasteiger partial charge is 0.234 e. The van der Waals surface area contributed by atoms with Crippen molar-refractivity contribution in [1.82, 2.24) is 14.8 Å². The summed E-state index contributed by atoms with van der Waals surface area (Å²) in [6.07, 6.45) is 5.15. The van der Waals surface area contributed by atoms with Crippen LogP contribution in [0.2, 0.25) is 0 Å². The van der Waals surface area contributed by atoms with Crippen molar-refractivity contribution in [2.75, 3.05) is 11.1 Å². The Balaban J connectivity index is 1.47. The van der Waals surface area contributed by atoms with Gasteiger partial charge in [-0.3, -0.25) is 4.79 Å². The predicted octanol–water partition coefficient (Wildman–Crippen LogP) is 5.30. The minimum Gasteiger partial charge on any atom is -0.457 e. The van der Waals surface area contributed by atoms with E-state index in [1.807, 2.05) is 60.0 Å². The maximum absolute atomic E-state index is 12.3. The molecule has 29 heavy (non-hydrogen) atoms. The number of carbonyl (C=O) groups excluding carboxylic acids is 1. The Labute approximate surface area is 175 Å². The first-order valence-corrected chi connectivity index (χ1v) is 10.8. The second-order valence-corrected chi connectivity index (χ2v) is 7.73. The van der Waals surface area contributed by atoms with E-state index in [-0.39, 0.29) is 11.7 Å². The number of hydrogen-bond donors (Lipinski definition) is 1. The SMILES string of the molecule is CCCCCn1cnnc1SCC(=O)Nc1ccc(Oc2ccc(C)cc2)cc1. The fourth-order valence-corrected chi connectivity index (χ4v) is 3.46. The van der Waals surface area contributed by atoms with Crippen molar-refractivity contribution in [3.05, 3.63) is 60.4 Å². The average molecular weight is 411 g/mol. The molecule has 0 spiro atoms. The van der Waals surface area contributed by atoms with Crippen molar-refractivity contribution in [3.8, 4) is 11.5 Å². The summed E-state index contributed by atoms with van der Waals surface area (Å²) < 4.78 is 7.81. The Bertz CT molecular complexity index is 907. The molecule has 0 atom stereocenters. The van der Waals surface area contributed by atoms with E-state index in [4.69, 9.17) is 4.74 Å². The van der Waals surface area contributed by atoms with E-state index >= 15 is 0 Å². The second-order valence-electron chi connectivity index (χ2n) is 6.79. The van der Waals surface area contributed by atoms with Crippen molar-refractivity contribution in [1.29, 1.82) is 0 Å². The molecule has 7 heteroatoms. The van der Waals surface area contributed by atoms with Gasteiger partial charge in [0.15, 0.2) is 5.16 Å². The molecule has 0 aliphatic rings. The van der Waals surface area contributed by atoms with E-state index < -0.39 is 0 Å². The van der Waals surface area contributed by atoms with Crippen LogP contribution in [0.15, 0.2) is 60.0 Å². The fourth-order valence-electron chi connectivity index (χ4n) is 2.72. The molecule has 0 aliphatic carbocycles. The number of nitrogens with one attached hydrogen (secondary N) is 1. The topological polar surface area (TPSA) is 69.0 Å². The lowest BCUT2D eigenvalue weighted by atomic mass is 10.2. The zero-order valence-electron chi connectivity index (χ0n) is 16.8. The van der Waals surface area contributed by atoms with Crippen LogP contribution in [0.25, 0.3) is 0 Å². The molecular weight excluding hydrogens is 384 g/mol. The number of ether oxygens (including phenoxy) is 1. The van der Waals surface area contributed by atoms with E-state index in [1.165, 1.54) is 30.2 Å². The van der Waals surface area contributed by atoms with Crippen LogP contribution in [-0.2, 0) is 11.3 Å². The number of carbonyl (C=O) groups is 1. The second kappa shape index (κ2) is 10.7. The molecule has 152 valence electrons. The zero-order valence-corrected chi connectivity index (χ0v) is 17.6. The quantitative estimate of drug-likeness (QED) is 0.363. The summed E-state index contributed by atoms with van der Waals surface area (Å²) in [5.74, 6) is 1.72. The number of amides is 1. The van der Waals surface area contributed by atoms with Gasteiger partial charge in [-0.2, -0.15) is 0 Å². The Morgan fingerprint density at radius 1 is 1.07 bits per heavy atom. The van der Waals surface area contributed by atoms with E-state index in [9.17, 15) is 4.79 Å². The van der Waals surface area contributed by atoms with Crippen LogP contribution in [0.3, 0.4) is 0 Å². The molecule has 1 aromatic heterocycles. The Morgan fingerprint density at radius 3 is 2.45 bits per heavy atom. The van der Waals surface area contributed by atoms with Crippen LogP contribution in [0.1, 0.15) is 31.7 Å². The van der Waals surface area contributed by atoms with Crippen molar-refractivity contribution in [2.45, 2.75) is 44.8 Å². The lowest BCUT2D eigenvalue weighted by Gasteiger charge is -2.09. The largest absolute Gasteiger partial charge is 0.457 e. The summed E-state index contributed by atoms with van der Waals surface area (Å²) in [5.41, 5.74) is 1.92. The number of thioether (sulfide) groups is 1. The third-order valence-electron chi connectivity index (χ3n) is 4.31. The summed E-state index contributed by atoms with van der Waals surface area (Å²) in [6, 6.07) is 15.2. The number of rotatable bonds is 10. The highest BCUT2D eigenvalue weighted by atomic mass is 32.2. The van der Waals surface area contributed by atoms with Crippen LogP contribution in [0.5, 0.6) is 11.5 Å². The third kappa shape index (κ3) is 6.64. The minimum atomic E-state index is -0.0784. The number of unbranched alkanes of at least 4 members (excludes halogenated alkanes) is 2. The van der Waals surface area contributed by atoms with Gasteiger partial charge in [0.2, 0.25) is 5.91 Å². The average Bonchev–Trinajstić information content (AvgIpc) is 3.17. The van der Waals surface area contributed by atoms with E-state index in [2.05, 4.69) is 22.4 Å². The number of aryl methyl sites for hydroxylation is 2. The Hall–Kier alpha value is -2.80. The molecule has 0 fully saturated rings. The van der Waals surface area contributed by atoms with Gasteiger partial charge in [0, 0.05) is 12.2 Å². The lowest BCUT2D eigenvalue weighted by Crippen LogP contribution is -2.14. The zero-order chi connectivity index (χ0) is 20.5. The highest BCUT2D eigenvalue weighted by Crippen LogP contribution is 2.23. The van der Waals surface area contributed by atoms with Crippen LogP contribution >= 0.6 is 11.8 Å². The molecule has 1 amide bonds. The first-order valence-electron chi connectivity index (χ1n) is 9.79. The van der Waals surface area contributed by atoms with Gasteiger partial charge < -0.3 is 14.6 Å². The van der Waals surface area contributed by atoms with E-state index in [0.717, 1.165) is 35.3 Å². The summed E-state index contributed by atoms with van der Waals surface area (Å²) in [7, 11) is 0. The molecule has 2 aromatic carbocycles. The minimum absolute atomic E-state index is 0.0784. The molecule has 0 radical (unpaired) electrons. The van der Waals surface area contributed by atoms with Gasteiger partial charge in [0.25, 0.3) is 0 Å². The van der Waals surface area contributed by atoms with Crippen molar-refractivity contribution in [3.63, 3.8) is 0 Å². The number of hydrogen-bond acceptors (Lipinski definition) is 5. The maximum atomic E-state index is 12.3. The van der Waals surface area contributed by atoms with Crippen molar-refractivity contribution >= 4 is 23.4 Å². The first kappa shape index (κ1) is 20.9. The molecule has 6 nitrogen and oxygen atoms in total. The number of anilines is 1. The highest BCUT2D eigenvalue weighted by Gasteiger charge is 2.09. The molecule has 0 aliphatic heterocycles. The molecule has 0 bridgehead atoms. The molecule has 0 unspecified atom stereocenters. The molecule has 3 rings (SSSR count). The van der Waals surface area contributed by atoms with Gasteiger partial charge in [-0.15, -0.1) is 10.2 Å². The molecule has 1 N–H and O–H groups in total. The molecule has 0 saturated heterocycles. The van der Waals surface area contributed by atoms with Gasteiger partial charge in [0.1, 0.15) is 17.8 Å². The Kier molecular flexibility index (Phi) is 7.69. The standard InChI is InChI=1S/C22H26N4O2S/c1-3-4-5-14-26-16-23-25-22(26)29-15-21(27)24-18-8-12-20(13-9-18)28-19-10-6-17(2)7-11-19/h6-13,16H,3-5,14-15H2,1-2H3,(H,24,27). The van der Waals surface area contributed by atoms with Crippen LogP contribution in [-0.4, -0.2) is 26.4 Å². The highest BCUT2D eigenvalue weighted by molar-refractivity contribution is 7.99. The van der Waals surface area contributed by atoms with Crippen molar-refractivity contribution < 1.29 is 9.53 Å². The van der Waals surface area contributed by atoms with Crippen LogP contribution in [0, 0.1) is 6.92 Å². The van der Waals surface area contributed by atoms with E-state index in [1.54, 1.807) is 6.33 Å². The number of benzene rings is 2. The third-order valence-corrected chi connectivity index (χ3v) is 5.29. The Morgan fingerprint density at radius 2 is 1.76 bits per heavy atom. The lowest BCUT2D eigenvalue weighted by molar-refractivity contribution is -0.113. The van der Waals surface area contributed by atoms with Crippen LogP contribution in [0.4, 0.5) is 5.69 Å². The summed E-state index contributed by atoms with van der Waals surface area (Å²) in [5, 5.41) is 11.7. The summed E-state index contributed by atoms with van der Waals surface area (Å²) >= 11 is 1.40. The molecule has 1 heterocycles. The van der Waals surface area contributed by atoms with E-state index in [0.29, 0.717) is 0 Å².